The Balaban J connectivity index is 2.25. The average Bonchev–Trinajstić information content (AvgIpc) is 2.95. The first-order valence-electron chi connectivity index (χ1n) is 7.94. The molecule has 0 aliphatic carbocycles. The zero-order valence-corrected chi connectivity index (χ0v) is 14.8. The fraction of sp³-hybridized carbons (Fsp3) is 0.706. The predicted octanol–water partition coefficient (Wildman–Crippen LogP) is 3.80. The van der Waals surface area contributed by atoms with Crippen LogP contribution in [-0.4, -0.2) is 23.4 Å². The highest BCUT2D eigenvalue weighted by Gasteiger charge is 2.41. The van der Waals surface area contributed by atoms with E-state index in [2.05, 4.69) is 63.9 Å². The quantitative estimate of drug-likeness (QED) is 0.897. The number of hydrogen-bond acceptors (Lipinski definition) is 3. The molecule has 0 spiro atoms. The standard InChI is InChI=1S/C17H28N2OS/c1-10(2)12(5)9-19-16(14-8-7-13(6)21-14)18-15(11(3)4)17(19)20/h7-8,10-12,15-16,18H,9H2,1-6H3. The van der Waals surface area contributed by atoms with Crippen LogP contribution < -0.4 is 5.32 Å². The lowest BCUT2D eigenvalue weighted by atomic mass is 9.97. The van der Waals surface area contributed by atoms with Gasteiger partial charge >= 0.3 is 0 Å². The van der Waals surface area contributed by atoms with Crippen molar-refractivity contribution in [2.45, 2.75) is 53.8 Å². The lowest BCUT2D eigenvalue weighted by molar-refractivity contribution is -0.131. The molecule has 3 nitrogen and oxygen atoms in total. The Labute approximate surface area is 132 Å². The van der Waals surface area contributed by atoms with Crippen LogP contribution >= 0.6 is 11.3 Å². The highest BCUT2D eigenvalue weighted by Crippen LogP contribution is 2.33. The van der Waals surface area contributed by atoms with Gasteiger partial charge in [-0.25, -0.2) is 0 Å². The maximum absolute atomic E-state index is 12.8. The normalized spacial score (nSPS) is 24.4. The number of nitrogens with zero attached hydrogens (tertiary/aromatic N) is 1. The summed E-state index contributed by atoms with van der Waals surface area (Å²) in [5.74, 6) is 1.67. The van der Waals surface area contributed by atoms with E-state index in [-0.39, 0.29) is 18.1 Å². The Morgan fingerprint density at radius 2 is 1.90 bits per heavy atom. The van der Waals surface area contributed by atoms with Gasteiger partial charge in [-0.05, 0) is 36.8 Å². The molecule has 0 bridgehead atoms. The van der Waals surface area contributed by atoms with E-state index in [4.69, 9.17) is 0 Å². The molecular weight excluding hydrogens is 280 g/mol. The molecule has 1 aliphatic rings. The summed E-state index contributed by atoms with van der Waals surface area (Å²) in [7, 11) is 0. The molecule has 3 unspecified atom stereocenters. The lowest BCUT2D eigenvalue weighted by Gasteiger charge is -2.28. The molecule has 0 radical (unpaired) electrons. The van der Waals surface area contributed by atoms with Crippen molar-refractivity contribution in [1.82, 2.24) is 10.2 Å². The summed E-state index contributed by atoms with van der Waals surface area (Å²) >= 11 is 1.78. The van der Waals surface area contributed by atoms with Gasteiger partial charge in [0.2, 0.25) is 5.91 Å². The SMILES string of the molecule is Cc1ccc(C2NC(C(C)C)C(=O)N2CC(C)C(C)C)s1. The number of carbonyl (C=O) groups is 1. The monoisotopic (exact) mass is 308 g/mol. The molecule has 1 aliphatic heterocycles. The van der Waals surface area contributed by atoms with Crippen molar-refractivity contribution in [2.24, 2.45) is 17.8 Å². The van der Waals surface area contributed by atoms with Crippen LogP contribution in [0, 0.1) is 24.7 Å². The zero-order valence-electron chi connectivity index (χ0n) is 14.0. The summed E-state index contributed by atoms with van der Waals surface area (Å²) in [6.07, 6.45) is 0.0461. The molecular formula is C17H28N2OS. The molecule has 1 N–H and O–H groups in total. The first kappa shape index (κ1) is 16.5. The van der Waals surface area contributed by atoms with E-state index >= 15 is 0 Å². The van der Waals surface area contributed by atoms with Crippen molar-refractivity contribution < 1.29 is 4.79 Å². The molecule has 21 heavy (non-hydrogen) atoms. The van der Waals surface area contributed by atoms with Crippen molar-refractivity contribution in [2.75, 3.05) is 6.54 Å². The molecule has 3 atom stereocenters. The molecule has 118 valence electrons. The van der Waals surface area contributed by atoms with Crippen molar-refractivity contribution in [3.63, 3.8) is 0 Å². The molecule has 1 amide bonds. The summed E-state index contributed by atoms with van der Waals surface area (Å²) in [6, 6.07) is 4.23. The Hall–Kier alpha value is -0.870. The van der Waals surface area contributed by atoms with Gasteiger partial charge < -0.3 is 4.90 Å². The highest BCUT2D eigenvalue weighted by molar-refractivity contribution is 7.12. The molecule has 0 aromatic carbocycles. The van der Waals surface area contributed by atoms with Gasteiger partial charge in [0.1, 0.15) is 6.17 Å². The van der Waals surface area contributed by atoms with Gasteiger partial charge in [0.05, 0.1) is 6.04 Å². The third kappa shape index (κ3) is 3.49. The van der Waals surface area contributed by atoms with Crippen LogP contribution in [0.3, 0.4) is 0 Å². The van der Waals surface area contributed by atoms with Crippen LogP contribution in [0.1, 0.15) is 50.5 Å². The topological polar surface area (TPSA) is 32.3 Å². The Morgan fingerprint density at radius 3 is 2.38 bits per heavy atom. The van der Waals surface area contributed by atoms with Gasteiger partial charge in [0.15, 0.2) is 0 Å². The van der Waals surface area contributed by atoms with Gasteiger partial charge in [0.25, 0.3) is 0 Å². The van der Waals surface area contributed by atoms with Crippen molar-refractivity contribution in [1.29, 1.82) is 0 Å². The largest absolute Gasteiger partial charge is 0.320 e. The fourth-order valence-corrected chi connectivity index (χ4v) is 3.62. The molecule has 1 aromatic rings. The molecule has 1 fully saturated rings. The van der Waals surface area contributed by atoms with Crippen LogP contribution in [0.25, 0.3) is 0 Å². The van der Waals surface area contributed by atoms with E-state index in [1.165, 1.54) is 9.75 Å². The summed E-state index contributed by atoms with van der Waals surface area (Å²) in [4.78, 5) is 17.4. The third-order valence-corrected chi connectivity index (χ3v) is 5.57. The van der Waals surface area contributed by atoms with Crippen molar-refractivity contribution in [3.8, 4) is 0 Å². The third-order valence-electron chi connectivity index (χ3n) is 4.52. The van der Waals surface area contributed by atoms with Crippen LogP contribution in [0.2, 0.25) is 0 Å². The second kappa shape index (κ2) is 6.49. The van der Waals surface area contributed by atoms with E-state index in [0.29, 0.717) is 17.8 Å². The maximum Gasteiger partial charge on any atom is 0.241 e. The Kier molecular flexibility index (Phi) is 5.10. The molecule has 2 rings (SSSR count). The average molecular weight is 308 g/mol. The van der Waals surface area contributed by atoms with Gasteiger partial charge in [0, 0.05) is 16.3 Å². The number of amides is 1. The molecule has 1 aromatic heterocycles. The predicted molar refractivity (Wildman–Crippen MR) is 89.3 cm³/mol. The van der Waals surface area contributed by atoms with Crippen molar-refractivity contribution >= 4 is 17.2 Å². The fourth-order valence-electron chi connectivity index (χ4n) is 2.67. The maximum atomic E-state index is 12.8. The Bertz CT molecular complexity index is 495. The van der Waals surface area contributed by atoms with E-state index in [1.54, 1.807) is 11.3 Å². The number of rotatable bonds is 5. The number of aryl methyl sites for hydroxylation is 1. The number of hydrogen-bond donors (Lipinski definition) is 1. The smallest absolute Gasteiger partial charge is 0.241 e. The van der Waals surface area contributed by atoms with Crippen molar-refractivity contribution in [3.05, 3.63) is 21.9 Å². The zero-order chi connectivity index (χ0) is 15.7. The number of carbonyl (C=O) groups excluding carboxylic acids is 1. The summed E-state index contributed by atoms with van der Waals surface area (Å²) in [5.41, 5.74) is 0. The van der Waals surface area contributed by atoms with Crippen LogP contribution in [0.5, 0.6) is 0 Å². The summed E-state index contributed by atoms with van der Waals surface area (Å²) in [6.45, 7) is 13.9. The van der Waals surface area contributed by atoms with Gasteiger partial charge in [-0.3, -0.25) is 10.1 Å². The highest BCUT2D eigenvalue weighted by atomic mass is 32.1. The van der Waals surface area contributed by atoms with Crippen LogP contribution in [0.15, 0.2) is 12.1 Å². The number of thiophene rings is 1. The first-order chi connectivity index (χ1) is 9.81. The minimum Gasteiger partial charge on any atom is -0.320 e. The van der Waals surface area contributed by atoms with Crippen LogP contribution in [0.4, 0.5) is 0 Å². The van der Waals surface area contributed by atoms with E-state index < -0.39 is 0 Å². The lowest BCUT2D eigenvalue weighted by Crippen LogP contribution is -2.37. The molecule has 0 saturated carbocycles. The molecule has 1 saturated heterocycles. The minimum atomic E-state index is -0.0585. The van der Waals surface area contributed by atoms with Gasteiger partial charge in [-0.1, -0.05) is 34.6 Å². The molecule has 4 heteroatoms. The number of nitrogens with one attached hydrogen (secondary N) is 1. The summed E-state index contributed by atoms with van der Waals surface area (Å²) < 4.78 is 0. The van der Waals surface area contributed by atoms with E-state index in [0.717, 1.165) is 6.54 Å². The molecule has 2 heterocycles. The van der Waals surface area contributed by atoms with Crippen LogP contribution in [-0.2, 0) is 4.79 Å². The second-order valence-corrected chi connectivity index (χ2v) is 8.27. The Morgan fingerprint density at radius 1 is 1.24 bits per heavy atom. The second-order valence-electron chi connectivity index (χ2n) is 6.95. The van der Waals surface area contributed by atoms with E-state index in [9.17, 15) is 4.79 Å². The van der Waals surface area contributed by atoms with Gasteiger partial charge in [-0.2, -0.15) is 0 Å². The minimum absolute atomic E-state index is 0.0461. The van der Waals surface area contributed by atoms with Gasteiger partial charge in [-0.15, -0.1) is 11.3 Å². The van der Waals surface area contributed by atoms with E-state index in [1.807, 2.05) is 0 Å². The summed E-state index contributed by atoms with van der Waals surface area (Å²) in [5, 5.41) is 3.55. The first-order valence-corrected chi connectivity index (χ1v) is 8.75.